The number of alkyl halides is 4. The van der Waals surface area contributed by atoms with Crippen molar-refractivity contribution in [3.05, 3.63) is 57.7 Å². The Kier molecular flexibility index (Phi) is 6.87. The Morgan fingerprint density at radius 2 is 1.94 bits per heavy atom. The summed E-state index contributed by atoms with van der Waals surface area (Å²) in [6.45, 7) is 3.88. The van der Waals surface area contributed by atoms with E-state index in [1.807, 2.05) is 0 Å². The largest absolute Gasteiger partial charge is 0.479 e. The molecule has 11 heteroatoms. The molecule has 3 rings (SSSR count). The third-order valence-electron chi connectivity index (χ3n) is 4.91. The molecule has 0 aliphatic carbocycles. The first-order chi connectivity index (χ1) is 15.4. The number of amides is 1. The molecule has 0 spiro atoms. The highest BCUT2D eigenvalue weighted by atomic mass is 35.5. The number of carboxylic acid groups (broad SMARTS) is 1. The van der Waals surface area contributed by atoms with Crippen molar-refractivity contribution in [1.29, 1.82) is 0 Å². The standard InChI is InChI=1S/C22H19ClF4N2O4/c1-3-28-20(30)18-10(2)13-9-12(4-5-17(13)29-18)33-19-14(22(25,26)27)6-11(7-15(19)23)8-16(24)21(31)32/h4-7,9,16,29H,3,8H2,1-2H3,(H,28,30)(H,31,32). The fraction of sp³-hybridized carbons (Fsp3) is 0.273. The number of nitrogens with one attached hydrogen (secondary N) is 2. The number of halogens is 5. The van der Waals surface area contributed by atoms with E-state index in [1.54, 1.807) is 19.9 Å². The summed E-state index contributed by atoms with van der Waals surface area (Å²) in [4.78, 5) is 25.9. The first-order valence-electron chi connectivity index (χ1n) is 9.77. The number of H-pyrrole nitrogens is 1. The number of fused-ring (bicyclic) bond motifs is 1. The zero-order chi connectivity index (χ0) is 24.5. The summed E-state index contributed by atoms with van der Waals surface area (Å²) < 4.78 is 60.1. The third kappa shape index (κ3) is 5.22. The van der Waals surface area contributed by atoms with E-state index in [0.29, 0.717) is 34.8 Å². The molecule has 0 fully saturated rings. The van der Waals surface area contributed by atoms with Crippen LogP contribution in [0.3, 0.4) is 0 Å². The van der Waals surface area contributed by atoms with Crippen molar-refractivity contribution in [1.82, 2.24) is 10.3 Å². The fourth-order valence-electron chi connectivity index (χ4n) is 3.34. The number of benzene rings is 2. The van der Waals surface area contributed by atoms with Crippen molar-refractivity contribution in [2.75, 3.05) is 6.54 Å². The minimum absolute atomic E-state index is 0.0288. The number of carboxylic acids is 1. The van der Waals surface area contributed by atoms with Gasteiger partial charge in [0.25, 0.3) is 5.91 Å². The molecule has 0 saturated heterocycles. The summed E-state index contributed by atoms with van der Waals surface area (Å²) in [6, 6.07) is 6.08. The molecule has 1 unspecified atom stereocenters. The molecule has 0 saturated carbocycles. The molecule has 1 atom stereocenters. The molecular formula is C22H19ClF4N2O4. The number of aliphatic carboxylic acids is 1. The van der Waals surface area contributed by atoms with Gasteiger partial charge in [-0.2, -0.15) is 13.2 Å². The Morgan fingerprint density at radius 3 is 2.55 bits per heavy atom. The molecule has 1 amide bonds. The summed E-state index contributed by atoms with van der Waals surface area (Å²) in [5.41, 5.74) is -0.0149. The monoisotopic (exact) mass is 486 g/mol. The van der Waals surface area contributed by atoms with Crippen molar-refractivity contribution in [2.45, 2.75) is 32.6 Å². The molecular weight excluding hydrogens is 468 g/mol. The summed E-state index contributed by atoms with van der Waals surface area (Å²) >= 11 is 6.03. The van der Waals surface area contributed by atoms with Crippen LogP contribution in [-0.4, -0.2) is 34.7 Å². The minimum Gasteiger partial charge on any atom is -0.479 e. The van der Waals surface area contributed by atoms with Gasteiger partial charge in [0.05, 0.1) is 10.6 Å². The first-order valence-corrected chi connectivity index (χ1v) is 10.1. The summed E-state index contributed by atoms with van der Waals surface area (Å²) in [5.74, 6) is -2.78. The van der Waals surface area contributed by atoms with Crippen molar-refractivity contribution in [3.63, 3.8) is 0 Å². The molecule has 2 aromatic carbocycles. The maximum absolute atomic E-state index is 13.7. The van der Waals surface area contributed by atoms with E-state index in [1.165, 1.54) is 12.1 Å². The van der Waals surface area contributed by atoms with Crippen LogP contribution in [-0.2, 0) is 17.4 Å². The van der Waals surface area contributed by atoms with Crippen LogP contribution in [0, 0.1) is 6.92 Å². The lowest BCUT2D eigenvalue weighted by atomic mass is 10.0. The van der Waals surface area contributed by atoms with Crippen LogP contribution >= 0.6 is 11.6 Å². The van der Waals surface area contributed by atoms with Gasteiger partial charge in [0.1, 0.15) is 11.4 Å². The van der Waals surface area contributed by atoms with Gasteiger partial charge in [-0.15, -0.1) is 0 Å². The molecule has 3 N–H and O–H groups in total. The summed E-state index contributed by atoms with van der Waals surface area (Å²) in [7, 11) is 0. The molecule has 0 aliphatic rings. The smallest absolute Gasteiger partial charge is 0.420 e. The number of carbonyl (C=O) groups is 2. The Labute approximate surface area is 190 Å². The lowest BCUT2D eigenvalue weighted by Gasteiger charge is -2.17. The Bertz CT molecular complexity index is 1220. The van der Waals surface area contributed by atoms with E-state index in [-0.39, 0.29) is 17.2 Å². The molecule has 0 radical (unpaired) electrons. The number of aryl methyl sites for hydroxylation is 1. The maximum Gasteiger partial charge on any atom is 0.420 e. The normalized spacial score (nSPS) is 12.6. The van der Waals surface area contributed by atoms with Crippen molar-refractivity contribution >= 4 is 34.4 Å². The van der Waals surface area contributed by atoms with E-state index in [0.717, 1.165) is 6.07 Å². The number of hydrogen-bond acceptors (Lipinski definition) is 3. The number of aromatic amines is 1. The average Bonchev–Trinajstić information content (AvgIpc) is 3.05. The van der Waals surface area contributed by atoms with Crippen molar-refractivity contribution in [3.8, 4) is 11.5 Å². The second kappa shape index (κ2) is 9.30. The van der Waals surface area contributed by atoms with E-state index in [4.69, 9.17) is 21.4 Å². The fourth-order valence-corrected chi connectivity index (χ4v) is 3.62. The van der Waals surface area contributed by atoms with Crippen LogP contribution in [0.5, 0.6) is 11.5 Å². The lowest BCUT2D eigenvalue weighted by Crippen LogP contribution is -2.23. The Hall–Kier alpha value is -3.27. The number of rotatable bonds is 7. The van der Waals surface area contributed by atoms with E-state index in [9.17, 15) is 27.2 Å². The lowest BCUT2D eigenvalue weighted by molar-refractivity contribution is -0.142. The second-order valence-electron chi connectivity index (χ2n) is 7.26. The van der Waals surface area contributed by atoms with Gasteiger partial charge in [-0.1, -0.05) is 11.6 Å². The number of hydrogen-bond donors (Lipinski definition) is 3. The van der Waals surface area contributed by atoms with Crippen molar-refractivity contribution < 1.29 is 37.0 Å². The van der Waals surface area contributed by atoms with Crippen LogP contribution in [0.4, 0.5) is 17.6 Å². The maximum atomic E-state index is 13.7. The van der Waals surface area contributed by atoms with Crippen LogP contribution in [0.15, 0.2) is 30.3 Å². The molecule has 6 nitrogen and oxygen atoms in total. The van der Waals surface area contributed by atoms with Gasteiger partial charge in [-0.25, -0.2) is 9.18 Å². The molecule has 0 bridgehead atoms. The quantitative estimate of drug-likeness (QED) is 0.376. The second-order valence-corrected chi connectivity index (χ2v) is 7.66. The van der Waals surface area contributed by atoms with Gasteiger partial charge in [0.15, 0.2) is 5.75 Å². The van der Waals surface area contributed by atoms with Gasteiger partial charge < -0.3 is 20.1 Å². The topological polar surface area (TPSA) is 91.4 Å². The molecule has 1 aromatic heterocycles. The van der Waals surface area contributed by atoms with Crippen LogP contribution < -0.4 is 10.1 Å². The third-order valence-corrected chi connectivity index (χ3v) is 5.19. The molecule has 1 heterocycles. The highest BCUT2D eigenvalue weighted by molar-refractivity contribution is 6.32. The predicted molar refractivity (Wildman–Crippen MR) is 114 cm³/mol. The van der Waals surface area contributed by atoms with E-state index < -0.39 is 41.1 Å². The van der Waals surface area contributed by atoms with Crippen LogP contribution in [0.25, 0.3) is 10.9 Å². The van der Waals surface area contributed by atoms with Gasteiger partial charge in [0, 0.05) is 23.9 Å². The average molecular weight is 487 g/mol. The zero-order valence-electron chi connectivity index (χ0n) is 17.4. The highest BCUT2D eigenvalue weighted by Gasteiger charge is 2.37. The Balaban J connectivity index is 2.02. The summed E-state index contributed by atoms with van der Waals surface area (Å²) in [5, 5.41) is 11.5. The van der Waals surface area contributed by atoms with Crippen LogP contribution in [0.1, 0.15) is 34.1 Å². The number of ether oxygens (including phenoxy) is 1. The highest BCUT2D eigenvalue weighted by Crippen LogP contribution is 2.43. The van der Waals surface area contributed by atoms with Gasteiger partial charge in [-0.05, 0) is 55.3 Å². The molecule has 3 aromatic rings. The molecule has 176 valence electrons. The van der Waals surface area contributed by atoms with Crippen LogP contribution in [0.2, 0.25) is 5.02 Å². The van der Waals surface area contributed by atoms with Crippen molar-refractivity contribution in [2.24, 2.45) is 0 Å². The Morgan fingerprint density at radius 1 is 1.24 bits per heavy atom. The first kappa shape index (κ1) is 24.4. The molecule has 0 aliphatic heterocycles. The van der Waals surface area contributed by atoms with E-state index in [2.05, 4.69) is 10.3 Å². The van der Waals surface area contributed by atoms with Gasteiger partial charge in [-0.3, -0.25) is 4.79 Å². The van der Waals surface area contributed by atoms with Gasteiger partial charge >= 0.3 is 12.1 Å². The minimum atomic E-state index is -4.90. The van der Waals surface area contributed by atoms with Gasteiger partial charge in [0.2, 0.25) is 6.17 Å². The predicted octanol–water partition coefficient (Wildman–Crippen LogP) is 5.66. The number of aromatic nitrogens is 1. The summed E-state index contributed by atoms with van der Waals surface area (Å²) in [6.07, 6.45) is -8.06. The zero-order valence-corrected chi connectivity index (χ0v) is 18.2. The SMILES string of the molecule is CCNC(=O)c1[nH]c2ccc(Oc3c(Cl)cc(CC(F)C(=O)O)cc3C(F)(F)F)cc2c1C. The van der Waals surface area contributed by atoms with E-state index >= 15 is 0 Å². The number of carbonyl (C=O) groups excluding carboxylic acids is 1. The molecule has 33 heavy (non-hydrogen) atoms.